The van der Waals surface area contributed by atoms with E-state index in [1.54, 1.807) is 19.2 Å². The molecule has 3 aliphatic rings. The predicted molar refractivity (Wildman–Crippen MR) is 95.9 cm³/mol. The molecule has 3 atom stereocenters. The maximum atomic E-state index is 12.2. The topological polar surface area (TPSA) is 59.6 Å². The van der Waals surface area contributed by atoms with Crippen molar-refractivity contribution in [2.24, 2.45) is 11.3 Å². The van der Waals surface area contributed by atoms with Crippen molar-refractivity contribution in [1.29, 1.82) is 0 Å². The van der Waals surface area contributed by atoms with Crippen LogP contribution in [0.15, 0.2) is 24.3 Å². The van der Waals surface area contributed by atoms with Gasteiger partial charge in [0.1, 0.15) is 5.75 Å². The molecule has 1 heterocycles. The van der Waals surface area contributed by atoms with Gasteiger partial charge in [0.2, 0.25) is 0 Å². The van der Waals surface area contributed by atoms with Crippen LogP contribution in [0.3, 0.4) is 0 Å². The molecule has 5 nitrogen and oxygen atoms in total. The molecule has 25 heavy (non-hydrogen) atoms. The molecule has 0 aromatic heterocycles. The number of benzene rings is 1. The largest absolute Gasteiger partial charge is 0.497 e. The summed E-state index contributed by atoms with van der Waals surface area (Å²) in [6.45, 7) is 2.39. The zero-order valence-electron chi connectivity index (χ0n) is 14.9. The zero-order valence-corrected chi connectivity index (χ0v) is 14.9. The Bertz CT molecular complexity index is 610. The fourth-order valence-corrected chi connectivity index (χ4v) is 5.26. The number of fused-ring (bicyclic) bond motifs is 2. The maximum Gasteiger partial charge on any atom is 0.251 e. The lowest BCUT2D eigenvalue weighted by molar-refractivity contribution is -0.130. The SMILES string of the molecule is COc1ccc(C(=O)NCCN[C@@H]2[C@H]3CCO[C@@H]3C23CCCC3)cc1. The summed E-state index contributed by atoms with van der Waals surface area (Å²) in [6, 6.07) is 7.78. The van der Waals surface area contributed by atoms with Gasteiger partial charge < -0.3 is 20.1 Å². The molecule has 0 radical (unpaired) electrons. The molecule has 1 spiro atoms. The first-order valence-corrected chi connectivity index (χ1v) is 9.52. The quantitative estimate of drug-likeness (QED) is 0.778. The summed E-state index contributed by atoms with van der Waals surface area (Å²) in [7, 11) is 1.62. The van der Waals surface area contributed by atoms with E-state index in [1.807, 2.05) is 12.1 Å². The molecule has 5 heteroatoms. The van der Waals surface area contributed by atoms with Crippen LogP contribution >= 0.6 is 0 Å². The lowest BCUT2D eigenvalue weighted by atomic mass is 9.54. The molecule has 4 rings (SSSR count). The Balaban J connectivity index is 1.25. The average molecular weight is 344 g/mol. The van der Waals surface area contributed by atoms with Crippen molar-refractivity contribution in [2.45, 2.75) is 44.2 Å². The van der Waals surface area contributed by atoms with E-state index in [0.29, 0.717) is 35.6 Å². The van der Waals surface area contributed by atoms with Gasteiger partial charge in [-0.1, -0.05) is 12.8 Å². The summed E-state index contributed by atoms with van der Waals surface area (Å²) in [5, 5.41) is 6.74. The smallest absolute Gasteiger partial charge is 0.251 e. The van der Waals surface area contributed by atoms with Crippen molar-refractivity contribution in [3.63, 3.8) is 0 Å². The third-order valence-electron chi connectivity index (χ3n) is 6.41. The minimum Gasteiger partial charge on any atom is -0.497 e. The number of hydrogen-bond donors (Lipinski definition) is 2. The number of carbonyl (C=O) groups is 1. The molecule has 1 saturated heterocycles. The minimum atomic E-state index is -0.0317. The molecule has 1 aliphatic heterocycles. The van der Waals surface area contributed by atoms with Crippen molar-refractivity contribution >= 4 is 5.91 Å². The molecule has 2 N–H and O–H groups in total. The Labute approximate surface area is 149 Å². The van der Waals surface area contributed by atoms with Crippen LogP contribution in [0.25, 0.3) is 0 Å². The molecule has 1 aromatic rings. The molecule has 136 valence electrons. The van der Waals surface area contributed by atoms with Crippen LogP contribution in [-0.4, -0.2) is 44.9 Å². The van der Waals surface area contributed by atoms with Crippen LogP contribution in [0, 0.1) is 11.3 Å². The Hall–Kier alpha value is -1.59. The average Bonchev–Trinajstić information content (AvgIpc) is 3.30. The van der Waals surface area contributed by atoms with Gasteiger partial charge in [-0.05, 0) is 43.5 Å². The van der Waals surface area contributed by atoms with Gasteiger partial charge in [-0.15, -0.1) is 0 Å². The van der Waals surface area contributed by atoms with E-state index in [1.165, 1.54) is 32.1 Å². The molecule has 2 saturated carbocycles. The fraction of sp³-hybridized carbons (Fsp3) is 0.650. The second kappa shape index (κ2) is 6.96. The number of amides is 1. The van der Waals surface area contributed by atoms with Crippen molar-refractivity contribution < 1.29 is 14.3 Å². The molecular formula is C20H28N2O3. The lowest BCUT2D eigenvalue weighted by Gasteiger charge is -2.57. The molecule has 3 fully saturated rings. The van der Waals surface area contributed by atoms with Crippen LogP contribution in [0.2, 0.25) is 0 Å². The summed E-state index contributed by atoms with van der Waals surface area (Å²) in [4.78, 5) is 12.2. The second-order valence-corrected chi connectivity index (χ2v) is 7.60. The third kappa shape index (κ3) is 2.93. The molecule has 0 bridgehead atoms. The van der Waals surface area contributed by atoms with Gasteiger partial charge in [-0.3, -0.25) is 4.79 Å². The van der Waals surface area contributed by atoms with Crippen LogP contribution < -0.4 is 15.4 Å². The van der Waals surface area contributed by atoms with Gasteiger partial charge in [0.15, 0.2) is 0 Å². The van der Waals surface area contributed by atoms with E-state index in [4.69, 9.17) is 9.47 Å². The highest BCUT2D eigenvalue weighted by molar-refractivity contribution is 5.94. The van der Waals surface area contributed by atoms with E-state index in [9.17, 15) is 4.79 Å². The number of hydrogen-bond acceptors (Lipinski definition) is 4. The van der Waals surface area contributed by atoms with Gasteiger partial charge in [-0.25, -0.2) is 0 Å². The van der Waals surface area contributed by atoms with Crippen LogP contribution in [0.1, 0.15) is 42.5 Å². The zero-order chi connectivity index (χ0) is 17.3. The highest BCUT2D eigenvalue weighted by Crippen LogP contribution is 2.60. The second-order valence-electron chi connectivity index (χ2n) is 7.60. The van der Waals surface area contributed by atoms with Gasteiger partial charge in [-0.2, -0.15) is 0 Å². The molecular weight excluding hydrogens is 316 g/mol. The molecule has 2 aliphatic carbocycles. The fourth-order valence-electron chi connectivity index (χ4n) is 5.26. The normalized spacial score (nSPS) is 29.2. The lowest BCUT2D eigenvalue weighted by Crippen LogP contribution is -2.67. The summed E-state index contributed by atoms with van der Waals surface area (Å²) in [5.74, 6) is 1.41. The van der Waals surface area contributed by atoms with Gasteiger partial charge in [0, 0.05) is 42.6 Å². The molecule has 0 unspecified atom stereocenters. The first-order chi connectivity index (χ1) is 12.2. The van der Waals surface area contributed by atoms with Crippen LogP contribution in [0.4, 0.5) is 0 Å². The van der Waals surface area contributed by atoms with Crippen molar-refractivity contribution in [3.05, 3.63) is 29.8 Å². The van der Waals surface area contributed by atoms with E-state index in [-0.39, 0.29) is 5.91 Å². The Morgan fingerprint density at radius 1 is 1.24 bits per heavy atom. The van der Waals surface area contributed by atoms with Gasteiger partial charge in [0.25, 0.3) is 5.91 Å². The van der Waals surface area contributed by atoms with Crippen molar-refractivity contribution in [1.82, 2.24) is 10.6 Å². The van der Waals surface area contributed by atoms with E-state index in [0.717, 1.165) is 18.9 Å². The van der Waals surface area contributed by atoms with E-state index in [2.05, 4.69) is 10.6 Å². The third-order valence-corrected chi connectivity index (χ3v) is 6.41. The van der Waals surface area contributed by atoms with Crippen LogP contribution in [0.5, 0.6) is 5.75 Å². The highest BCUT2D eigenvalue weighted by atomic mass is 16.5. The number of rotatable bonds is 6. The van der Waals surface area contributed by atoms with E-state index < -0.39 is 0 Å². The number of ether oxygens (including phenoxy) is 2. The highest BCUT2D eigenvalue weighted by Gasteiger charge is 2.64. The van der Waals surface area contributed by atoms with Crippen LogP contribution in [-0.2, 0) is 4.74 Å². The maximum absolute atomic E-state index is 12.2. The van der Waals surface area contributed by atoms with Crippen molar-refractivity contribution in [3.8, 4) is 5.75 Å². The van der Waals surface area contributed by atoms with E-state index >= 15 is 0 Å². The number of nitrogens with one attached hydrogen (secondary N) is 2. The Morgan fingerprint density at radius 3 is 2.72 bits per heavy atom. The number of methoxy groups -OCH3 is 1. The predicted octanol–water partition coefficient (Wildman–Crippen LogP) is 2.36. The standard InChI is InChI=1S/C20H28N2O3/c1-24-15-6-4-14(5-7-15)19(23)22-12-11-21-17-16-8-13-25-18(16)20(17)9-2-3-10-20/h4-7,16-18,21H,2-3,8-13H2,1H3,(H,22,23)/t16-,17-,18+/m1/s1. The van der Waals surface area contributed by atoms with Gasteiger partial charge in [0.05, 0.1) is 13.2 Å². The summed E-state index contributed by atoms with van der Waals surface area (Å²) < 4.78 is 11.1. The summed E-state index contributed by atoms with van der Waals surface area (Å²) >= 11 is 0. The monoisotopic (exact) mass is 344 g/mol. The first kappa shape index (κ1) is 16.9. The minimum absolute atomic E-state index is 0.0317. The summed E-state index contributed by atoms with van der Waals surface area (Å²) in [6.07, 6.45) is 6.93. The summed E-state index contributed by atoms with van der Waals surface area (Å²) in [5.41, 5.74) is 1.04. The van der Waals surface area contributed by atoms with Crippen molar-refractivity contribution in [2.75, 3.05) is 26.8 Å². The molecule has 1 aromatic carbocycles. The number of carbonyl (C=O) groups excluding carboxylic acids is 1. The first-order valence-electron chi connectivity index (χ1n) is 9.52. The Kier molecular flexibility index (Phi) is 4.69. The van der Waals surface area contributed by atoms with Gasteiger partial charge >= 0.3 is 0 Å². The Morgan fingerprint density at radius 2 is 2.00 bits per heavy atom. The molecule has 1 amide bonds.